The van der Waals surface area contributed by atoms with Crippen LogP contribution < -0.4 is 5.32 Å². The summed E-state index contributed by atoms with van der Waals surface area (Å²) in [6.45, 7) is 5.17. The lowest BCUT2D eigenvalue weighted by molar-refractivity contribution is -0.141. The van der Waals surface area contributed by atoms with Crippen LogP contribution in [0, 0.1) is 0 Å². The van der Waals surface area contributed by atoms with Crippen molar-refractivity contribution in [1.82, 2.24) is 9.97 Å². The molecule has 0 unspecified atom stereocenters. The SMILES string of the molecule is C=C/C=C(\C=C(/C)Cl)c1nc(Nc2ccc(CCO)cc2)cc(C(F)(F)F)n1. The minimum absolute atomic E-state index is 0.0113. The van der Waals surface area contributed by atoms with Gasteiger partial charge >= 0.3 is 6.18 Å². The molecule has 148 valence electrons. The minimum atomic E-state index is -4.64. The van der Waals surface area contributed by atoms with Gasteiger partial charge in [0.05, 0.1) is 0 Å². The van der Waals surface area contributed by atoms with E-state index in [4.69, 9.17) is 16.7 Å². The van der Waals surface area contributed by atoms with E-state index < -0.39 is 11.9 Å². The largest absolute Gasteiger partial charge is 0.433 e. The van der Waals surface area contributed by atoms with Gasteiger partial charge in [-0.25, -0.2) is 9.97 Å². The standard InChI is InChI=1S/C20H19ClF3N3O/c1-3-4-15(11-13(2)21)19-26-17(20(22,23)24)12-18(27-19)25-16-7-5-14(6-8-16)9-10-28/h3-8,11-12,28H,1,9-10H2,2H3,(H,25,26,27)/b13-11+,15-4+. The summed E-state index contributed by atoms with van der Waals surface area (Å²) in [6.07, 6.45) is 0.220. The summed E-state index contributed by atoms with van der Waals surface area (Å²) in [5, 5.41) is 12.2. The Morgan fingerprint density at radius 3 is 2.46 bits per heavy atom. The number of rotatable bonds is 7. The average Bonchev–Trinajstić information content (AvgIpc) is 2.62. The molecule has 0 aliphatic rings. The van der Waals surface area contributed by atoms with E-state index in [1.165, 1.54) is 18.2 Å². The zero-order chi connectivity index (χ0) is 20.7. The molecule has 1 aromatic heterocycles. The van der Waals surface area contributed by atoms with Crippen LogP contribution in [0.25, 0.3) is 5.57 Å². The number of aromatic nitrogens is 2. The van der Waals surface area contributed by atoms with Gasteiger partial charge in [0.25, 0.3) is 0 Å². The van der Waals surface area contributed by atoms with Crippen molar-refractivity contribution < 1.29 is 18.3 Å². The lowest BCUT2D eigenvalue weighted by Crippen LogP contribution is -2.12. The normalized spacial score (nSPS) is 12.8. The number of alkyl halides is 3. The summed E-state index contributed by atoms with van der Waals surface area (Å²) in [4.78, 5) is 7.83. The highest BCUT2D eigenvalue weighted by molar-refractivity contribution is 6.29. The second-order valence-electron chi connectivity index (χ2n) is 5.84. The summed E-state index contributed by atoms with van der Waals surface area (Å²) in [5.74, 6) is -0.142. The summed E-state index contributed by atoms with van der Waals surface area (Å²) >= 11 is 5.87. The second-order valence-corrected chi connectivity index (χ2v) is 6.44. The molecule has 0 saturated carbocycles. The maximum atomic E-state index is 13.3. The molecule has 0 atom stereocenters. The van der Waals surface area contributed by atoms with Crippen LogP contribution >= 0.6 is 11.6 Å². The van der Waals surface area contributed by atoms with E-state index in [9.17, 15) is 13.2 Å². The van der Waals surface area contributed by atoms with Crippen LogP contribution in [0.2, 0.25) is 0 Å². The van der Waals surface area contributed by atoms with Gasteiger partial charge in [-0.1, -0.05) is 42.5 Å². The third-order valence-corrected chi connectivity index (χ3v) is 3.66. The first kappa shape index (κ1) is 21.7. The van der Waals surface area contributed by atoms with Crippen LogP contribution in [0.3, 0.4) is 0 Å². The molecule has 0 saturated heterocycles. The third-order valence-electron chi connectivity index (χ3n) is 3.55. The molecule has 0 amide bonds. The van der Waals surface area contributed by atoms with Crippen molar-refractivity contribution in [1.29, 1.82) is 0 Å². The Balaban J connectivity index is 2.47. The number of benzene rings is 1. The molecule has 0 bridgehead atoms. The fourth-order valence-electron chi connectivity index (χ4n) is 2.35. The molecule has 0 spiro atoms. The van der Waals surface area contributed by atoms with Crippen molar-refractivity contribution in [2.75, 3.05) is 11.9 Å². The number of hydrogen-bond donors (Lipinski definition) is 2. The van der Waals surface area contributed by atoms with E-state index in [0.717, 1.165) is 11.6 Å². The van der Waals surface area contributed by atoms with E-state index in [-0.39, 0.29) is 18.2 Å². The maximum Gasteiger partial charge on any atom is 0.433 e. The third kappa shape index (κ3) is 6.21. The molecule has 8 heteroatoms. The minimum Gasteiger partial charge on any atom is -0.396 e. The molecule has 0 radical (unpaired) electrons. The first-order chi connectivity index (χ1) is 13.2. The van der Waals surface area contributed by atoms with Gasteiger partial charge in [-0.15, -0.1) is 0 Å². The lowest BCUT2D eigenvalue weighted by atomic mass is 10.1. The Bertz CT molecular complexity index is 887. The summed E-state index contributed by atoms with van der Waals surface area (Å²) in [6, 6.07) is 7.78. The quantitative estimate of drug-likeness (QED) is 0.594. The van der Waals surface area contributed by atoms with Crippen LogP contribution in [0.15, 0.2) is 60.2 Å². The van der Waals surface area contributed by atoms with Crippen molar-refractivity contribution in [2.24, 2.45) is 0 Å². The number of aliphatic hydroxyl groups excluding tert-OH is 1. The van der Waals surface area contributed by atoms with Crippen molar-refractivity contribution in [3.05, 3.63) is 77.3 Å². The van der Waals surface area contributed by atoms with Crippen LogP contribution in [0.4, 0.5) is 24.7 Å². The molecule has 4 nitrogen and oxygen atoms in total. The zero-order valence-corrected chi connectivity index (χ0v) is 15.8. The number of nitrogens with one attached hydrogen (secondary N) is 1. The van der Waals surface area contributed by atoms with Gasteiger partial charge < -0.3 is 10.4 Å². The van der Waals surface area contributed by atoms with Gasteiger partial charge in [0.15, 0.2) is 11.5 Å². The van der Waals surface area contributed by atoms with Gasteiger partial charge in [-0.2, -0.15) is 13.2 Å². The van der Waals surface area contributed by atoms with Gasteiger partial charge in [0.1, 0.15) is 5.82 Å². The summed E-state index contributed by atoms with van der Waals surface area (Å²) in [5.41, 5.74) is 0.687. The van der Waals surface area contributed by atoms with E-state index >= 15 is 0 Å². The summed E-state index contributed by atoms with van der Waals surface area (Å²) < 4.78 is 39.9. The van der Waals surface area contributed by atoms with Crippen LogP contribution in [-0.2, 0) is 12.6 Å². The molecule has 0 aliphatic carbocycles. The number of anilines is 2. The molecule has 28 heavy (non-hydrogen) atoms. The predicted molar refractivity (Wildman–Crippen MR) is 105 cm³/mol. The van der Waals surface area contributed by atoms with E-state index in [2.05, 4.69) is 21.9 Å². The lowest BCUT2D eigenvalue weighted by Gasteiger charge is -2.13. The number of hydrogen-bond acceptors (Lipinski definition) is 4. The van der Waals surface area contributed by atoms with Crippen LogP contribution in [-0.4, -0.2) is 21.7 Å². The smallest absolute Gasteiger partial charge is 0.396 e. The van der Waals surface area contributed by atoms with Crippen molar-refractivity contribution in [3.8, 4) is 0 Å². The highest BCUT2D eigenvalue weighted by Gasteiger charge is 2.34. The Morgan fingerprint density at radius 2 is 1.93 bits per heavy atom. The number of allylic oxidation sites excluding steroid dienone is 5. The molecule has 0 fully saturated rings. The Kier molecular flexibility index (Phi) is 7.37. The fourth-order valence-corrected chi connectivity index (χ4v) is 2.46. The van der Waals surface area contributed by atoms with Crippen LogP contribution in [0.5, 0.6) is 0 Å². The number of halogens is 4. The van der Waals surface area contributed by atoms with E-state index in [1.807, 2.05) is 0 Å². The Labute approximate surface area is 166 Å². The Hall–Kier alpha value is -2.64. The monoisotopic (exact) mass is 409 g/mol. The summed E-state index contributed by atoms with van der Waals surface area (Å²) in [7, 11) is 0. The molecule has 1 heterocycles. The molecule has 0 aliphatic heterocycles. The highest BCUT2D eigenvalue weighted by atomic mass is 35.5. The van der Waals surface area contributed by atoms with Gasteiger partial charge in [0.2, 0.25) is 0 Å². The first-order valence-electron chi connectivity index (χ1n) is 8.33. The van der Waals surface area contributed by atoms with E-state index in [1.54, 1.807) is 31.2 Å². The molecule has 2 rings (SSSR count). The second kappa shape index (κ2) is 9.52. The number of nitrogens with zero attached hydrogens (tertiary/aromatic N) is 2. The molecular weight excluding hydrogens is 391 g/mol. The Morgan fingerprint density at radius 1 is 1.25 bits per heavy atom. The van der Waals surface area contributed by atoms with Crippen molar-refractivity contribution >= 4 is 28.7 Å². The molecule has 2 N–H and O–H groups in total. The van der Waals surface area contributed by atoms with Gasteiger partial charge in [-0.05, 0) is 37.1 Å². The highest BCUT2D eigenvalue weighted by Crippen LogP contribution is 2.31. The topological polar surface area (TPSA) is 58.0 Å². The molecular formula is C20H19ClF3N3O. The number of aliphatic hydroxyl groups is 1. The fraction of sp³-hybridized carbons (Fsp3) is 0.200. The van der Waals surface area contributed by atoms with Crippen molar-refractivity contribution in [3.63, 3.8) is 0 Å². The molecule has 2 aromatic rings. The van der Waals surface area contributed by atoms with Gasteiger partial charge in [-0.3, -0.25) is 0 Å². The average molecular weight is 410 g/mol. The first-order valence-corrected chi connectivity index (χ1v) is 8.70. The zero-order valence-electron chi connectivity index (χ0n) is 15.1. The predicted octanol–water partition coefficient (Wildman–Crippen LogP) is 5.49. The van der Waals surface area contributed by atoms with E-state index in [0.29, 0.717) is 22.7 Å². The maximum absolute atomic E-state index is 13.3. The van der Waals surface area contributed by atoms with Crippen molar-refractivity contribution in [2.45, 2.75) is 19.5 Å². The molecule has 1 aromatic carbocycles. The van der Waals surface area contributed by atoms with Crippen LogP contribution in [0.1, 0.15) is 24.0 Å². The van der Waals surface area contributed by atoms with Gasteiger partial charge in [0, 0.05) is 29.0 Å².